The van der Waals surface area contributed by atoms with E-state index in [1.165, 1.54) is 0 Å². The fourth-order valence-corrected chi connectivity index (χ4v) is 4.26. The number of hydrogen-bond donors (Lipinski definition) is 0. The van der Waals surface area contributed by atoms with Crippen molar-refractivity contribution in [1.82, 2.24) is 0 Å². The SMILES string of the molecule is CCOC(=O)[C@@]12C(=O)Oc3ccccc3[C@@H]1C1C=CC2C1. The molecule has 2 aliphatic carbocycles. The van der Waals surface area contributed by atoms with E-state index >= 15 is 0 Å². The smallest absolute Gasteiger partial charge is 0.330 e. The van der Waals surface area contributed by atoms with Gasteiger partial charge in [-0.05, 0) is 25.3 Å². The van der Waals surface area contributed by atoms with E-state index in [1.807, 2.05) is 24.3 Å². The molecule has 108 valence electrons. The number of allylic oxidation sites excluding steroid dienone is 2. The van der Waals surface area contributed by atoms with Crippen LogP contribution in [0.5, 0.6) is 5.75 Å². The maximum atomic E-state index is 12.7. The summed E-state index contributed by atoms with van der Waals surface area (Å²) < 4.78 is 10.7. The first-order chi connectivity index (χ1) is 10.2. The molecule has 1 heterocycles. The third kappa shape index (κ3) is 1.40. The highest BCUT2D eigenvalue weighted by Gasteiger charge is 2.69. The zero-order valence-corrected chi connectivity index (χ0v) is 11.7. The summed E-state index contributed by atoms with van der Waals surface area (Å²) in [6.07, 6.45) is 4.92. The van der Waals surface area contributed by atoms with Gasteiger partial charge in [-0.2, -0.15) is 0 Å². The van der Waals surface area contributed by atoms with Gasteiger partial charge in [0.05, 0.1) is 6.61 Å². The lowest BCUT2D eigenvalue weighted by molar-refractivity contribution is -0.172. The van der Waals surface area contributed by atoms with Gasteiger partial charge in [-0.3, -0.25) is 9.59 Å². The van der Waals surface area contributed by atoms with E-state index in [0.29, 0.717) is 5.75 Å². The van der Waals surface area contributed by atoms with Gasteiger partial charge in [-0.1, -0.05) is 30.4 Å². The first kappa shape index (κ1) is 12.6. The van der Waals surface area contributed by atoms with Crippen LogP contribution in [0, 0.1) is 17.3 Å². The topological polar surface area (TPSA) is 52.6 Å². The Morgan fingerprint density at radius 3 is 3.00 bits per heavy atom. The maximum Gasteiger partial charge on any atom is 0.330 e. The van der Waals surface area contributed by atoms with Crippen molar-refractivity contribution < 1.29 is 19.1 Å². The van der Waals surface area contributed by atoms with Crippen LogP contribution in [-0.2, 0) is 14.3 Å². The molecule has 1 aromatic rings. The fraction of sp³-hybridized carbons (Fsp3) is 0.412. The molecule has 0 saturated heterocycles. The van der Waals surface area contributed by atoms with E-state index in [9.17, 15) is 9.59 Å². The number of hydrogen-bond acceptors (Lipinski definition) is 4. The lowest BCUT2D eigenvalue weighted by Crippen LogP contribution is -2.52. The van der Waals surface area contributed by atoms with Crippen LogP contribution in [0.3, 0.4) is 0 Å². The molecule has 1 saturated carbocycles. The molecule has 2 unspecified atom stereocenters. The second-order valence-electron chi connectivity index (χ2n) is 5.89. The first-order valence-electron chi connectivity index (χ1n) is 7.36. The predicted octanol–water partition coefficient (Wildman–Crippen LogP) is 2.44. The highest BCUT2D eigenvalue weighted by atomic mass is 16.6. The van der Waals surface area contributed by atoms with Gasteiger partial charge >= 0.3 is 11.9 Å². The average Bonchev–Trinajstić information content (AvgIpc) is 3.08. The molecule has 0 N–H and O–H groups in total. The van der Waals surface area contributed by atoms with Crippen molar-refractivity contribution in [3.8, 4) is 5.75 Å². The largest absolute Gasteiger partial charge is 0.465 e. The van der Waals surface area contributed by atoms with Crippen LogP contribution in [0.15, 0.2) is 36.4 Å². The minimum atomic E-state index is -1.19. The van der Waals surface area contributed by atoms with E-state index in [4.69, 9.17) is 9.47 Å². The Balaban J connectivity index is 1.93. The summed E-state index contributed by atoms with van der Waals surface area (Å²) in [6, 6.07) is 7.50. The molecule has 1 aliphatic heterocycles. The Kier molecular flexibility index (Phi) is 2.52. The Labute approximate surface area is 122 Å². The van der Waals surface area contributed by atoms with Crippen LogP contribution >= 0.6 is 0 Å². The molecule has 1 fully saturated rings. The first-order valence-corrected chi connectivity index (χ1v) is 7.36. The highest BCUT2D eigenvalue weighted by Crippen LogP contribution is 2.64. The van der Waals surface area contributed by atoms with Gasteiger partial charge in [0, 0.05) is 17.4 Å². The number of esters is 2. The Bertz CT molecular complexity index is 663. The second kappa shape index (κ2) is 4.20. The molecule has 0 spiro atoms. The normalized spacial score (nSPS) is 35.1. The van der Waals surface area contributed by atoms with Gasteiger partial charge in [0.2, 0.25) is 0 Å². The van der Waals surface area contributed by atoms with E-state index in [0.717, 1.165) is 12.0 Å². The Morgan fingerprint density at radius 1 is 1.38 bits per heavy atom. The quantitative estimate of drug-likeness (QED) is 0.362. The average molecular weight is 284 g/mol. The van der Waals surface area contributed by atoms with Crippen molar-refractivity contribution in [1.29, 1.82) is 0 Å². The van der Waals surface area contributed by atoms with Crippen molar-refractivity contribution >= 4 is 11.9 Å². The molecule has 4 heteroatoms. The molecule has 3 aliphatic rings. The number of carbonyl (C=O) groups is 2. The lowest BCUT2D eigenvalue weighted by Gasteiger charge is -2.41. The van der Waals surface area contributed by atoms with Crippen LogP contribution in [0.25, 0.3) is 0 Å². The van der Waals surface area contributed by atoms with E-state index < -0.39 is 17.4 Å². The molecule has 0 amide bonds. The number of carbonyl (C=O) groups excluding carboxylic acids is 2. The lowest BCUT2D eigenvalue weighted by atomic mass is 9.64. The minimum Gasteiger partial charge on any atom is -0.465 e. The molecular formula is C17H16O4. The fourth-order valence-electron chi connectivity index (χ4n) is 4.26. The summed E-state index contributed by atoms with van der Waals surface area (Å²) in [5.41, 5.74) is -0.244. The third-order valence-electron chi connectivity index (χ3n) is 5.03. The molecule has 1 aromatic carbocycles. The van der Waals surface area contributed by atoms with Crippen molar-refractivity contribution in [2.24, 2.45) is 17.3 Å². The van der Waals surface area contributed by atoms with Crippen LogP contribution in [0.1, 0.15) is 24.8 Å². The monoisotopic (exact) mass is 284 g/mol. The standard InChI is InChI=1S/C17H16O4/c1-2-20-15(18)17-11-8-7-10(9-11)14(17)12-5-3-4-6-13(12)21-16(17)19/h3-8,10-11,14H,2,9H2,1H3/t10?,11?,14-,17-/m0/s1. The molecule has 21 heavy (non-hydrogen) atoms. The number of ether oxygens (including phenoxy) is 2. The molecule has 4 atom stereocenters. The summed E-state index contributed by atoms with van der Waals surface area (Å²) in [4.78, 5) is 25.4. The Hall–Kier alpha value is -2.10. The summed E-state index contributed by atoms with van der Waals surface area (Å²) in [7, 11) is 0. The van der Waals surface area contributed by atoms with E-state index in [1.54, 1.807) is 13.0 Å². The van der Waals surface area contributed by atoms with Crippen molar-refractivity contribution in [3.63, 3.8) is 0 Å². The van der Waals surface area contributed by atoms with Crippen LogP contribution < -0.4 is 4.74 Å². The van der Waals surface area contributed by atoms with Gasteiger partial charge in [-0.25, -0.2) is 0 Å². The van der Waals surface area contributed by atoms with Crippen molar-refractivity contribution in [2.45, 2.75) is 19.3 Å². The van der Waals surface area contributed by atoms with Gasteiger partial charge in [0.15, 0.2) is 5.41 Å². The summed E-state index contributed by atoms with van der Waals surface area (Å²) in [5.74, 6) is -0.397. The predicted molar refractivity (Wildman–Crippen MR) is 74.6 cm³/mol. The number of fused-ring (bicyclic) bond motifs is 7. The van der Waals surface area contributed by atoms with Gasteiger partial charge < -0.3 is 9.47 Å². The van der Waals surface area contributed by atoms with Gasteiger partial charge in [0.1, 0.15) is 5.75 Å². The number of rotatable bonds is 2. The molecular weight excluding hydrogens is 268 g/mol. The highest BCUT2D eigenvalue weighted by molar-refractivity contribution is 6.05. The molecule has 0 radical (unpaired) electrons. The maximum absolute atomic E-state index is 12.7. The van der Waals surface area contributed by atoms with Crippen LogP contribution in [0.4, 0.5) is 0 Å². The zero-order chi connectivity index (χ0) is 14.6. The van der Waals surface area contributed by atoms with Gasteiger partial charge in [-0.15, -0.1) is 0 Å². The van der Waals surface area contributed by atoms with Crippen LogP contribution in [-0.4, -0.2) is 18.5 Å². The molecule has 4 nitrogen and oxygen atoms in total. The van der Waals surface area contributed by atoms with E-state index in [2.05, 4.69) is 6.08 Å². The summed E-state index contributed by atoms with van der Waals surface area (Å²) in [6.45, 7) is 2.03. The van der Waals surface area contributed by atoms with Crippen molar-refractivity contribution in [3.05, 3.63) is 42.0 Å². The molecule has 4 rings (SSSR count). The molecule has 0 aromatic heterocycles. The molecule has 2 bridgehead atoms. The van der Waals surface area contributed by atoms with Gasteiger partial charge in [0.25, 0.3) is 0 Å². The third-order valence-corrected chi connectivity index (χ3v) is 5.03. The van der Waals surface area contributed by atoms with E-state index in [-0.39, 0.29) is 24.4 Å². The number of para-hydroxylation sites is 1. The summed E-state index contributed by atoms with van der Waals surface area (Å²) in [5, 5.41) is 0. The zero-order valence-electron chi connectivity index (χ0n) is 11.7. The summed E-state index contributed by atoms with van der Waals surface area (Å²) >= 11 is 0. The van der Waals surface area contributed by atoms with Crippen molar-refractivity contribution in [2.75, 3.05) is 6.61 Å². The minimum absolute atomic E-state index is 0.118. The number of benzene rings is 1. The second-order valence-corrected chi connectivity index (χ2v) is 5.89. The Morgan fingerprint density at radius 2 is 2.19 bits per heavy atom. The van der Waals surface area contributed by atoms with Crippen LogP contribution in [0.2, 0.25) is 0 Å².